The fourth-order valence-electron chi connectivity index (χ4n) is 3.32. The van der Waals surface area contributed by atoms with Crippen molar-refractivity contribution in [2.75, 3.05) is 32.7 Å². The largest absolute Gasteiger partial charge is 0.322 e. The third-order valence-corrected chi connectivity index (χ3v) is 5.32. The molecule has 2 aromatic carbocycles. The minimum absolute atomic E-state index is 0.0390. The van der Waals surface area contributed by atoms with Gasteiger partial charge in [-0.3, -0.25) is 4.79 Å². The first-order valence-corrected chi connectivity index (χ1v) is 9.77. The predicted octanol–water partition coefficient (Wildman–Crippen LogP) is 0.0821. The lowest BCUT2D eigenvalue weighted by atomic mass is 10.2. The molecule has 0 spiro atoms. The molecule has 0 bridgehead atoms. The van der Waals surface area contributed by atoms with Crippen LogP contribution in [0, 0.1) is 6.92 Å². The first-order valence-electron chi connectivity index (χ1n) is 9.39. The van der Waals surface area contributed by atoms with Gasteiger partial charge in [0.15, 0.2) is 6.54 Å². The van der Waals surface area contributed by atoms with Crippen molar-refractivity contribution in [3.8, 4) is 0 Å². The van der Waals surface area contributed by atoms with Crippen LogP contribution < -0.4 is 15.2 Å². The second-order valence-corrected chi connectivity index (χ2v) is 7.56. The third-order valence-electron chi connectivity index (χ3n) is 4.95. The SMILES string of the molecule is Cc1ccc(/C=N\NC(=O)C[NH+]2CC[NH+](Cc3ccccc3Cl)CC2)cc1. The summed E-state index contributed by atoms with van der Waals surface area (Å²) in [5, 5.41) is 4.90. The first kappa shape index (κ1) is 19.5. The predicted molar refractivity (Wildman–Crippen MR) is 108 cm³/mol. The molecular formula is C21H27ClN4O+2. The molecule has 0 aromatic heterocycles. The molecule has 3 N–H and O–H groups in total. The molecule has 0 radical (unpaired) electrons. The number of rotatable bonds is 6. The van der Waals surface area contributed by atoms with Gasteiger partial charge < -0.3 is 9.80 Å². The van der Waals surface area contributed by atoms with E-state index in [-0.39, 0.29) is 5.91 Å². The van der Waals surface area contributed by atoms with Crippen LogP contribution >= 0.6 is 11.6 Å². The van der Waals surface area contributed by atoms with Crippen LogP contribution in [0.15, 0.2) is 53.6 Å². The Bertz CT molecular complexity index is 783. The fourth-order valence-corrected chi connectivity index (χ4v) is 3.52. The Balaban J connectivity index is 1.39. The Kier molecular flexibility index (Phi) is 6.98. The van der Waals surface area contributed by atoms with Gasteiger partial charge in [0.2, 0.25) is 0 Å². The number of amides is 1. The molecular weight excluding hydrogens is 360 g/mol. The minimum atomic E-state index is -0.0390. The van der Waals surface area contributed by atoms with Gasteiger partial charge in [-0.05, 0) is 18.6 Å². The summed E-state index contributed by atoms with van der Waals surface area (Å²) in [6.45, 7) is 7.50. The molecule has 0 aliphatic carbocycles. The van der Waals surface area contributed by atoms with Crippen molar-refractivity contribution in [1.29, 1.82) is 0 Å². The number of nitrogens with one attached hydrogen (secondary N) is 3. The van der Waals surface area contributed by atoms with E-state index in [1.165, 1.54) is 20.9 Å². The Morgan fingerprint density at radius 3 is 2.44 bits per heavy atom. The zero-order chi connectivity index (χ0) is 19.1. The summed E-state index contributed by atoms with van der Waals surface area (Å²) < 4.78 is 0. The molecule has 27 heavy (non-hydrogen) atoms. The van der Waals surface area contributed by atoms with Crippen LogP contribution in [0.4, 0.5) is 0 Å². The van der Waals surface area contributed by atoms with Crippen molar-refractivity contribution < 1.29 is 14.6 Å². The first-order chi connectivity index (χ1) is 13.1. The van der Waals surface area contributed by atoms with E-state index in [9.17, 15) is 4.79 Å². The lowest BCUT2D eigenvalue weighted by molar-refractivity contribution is -1.02. The maximum Gasteiger partial charge on any atom is 0.295 e. The molecule has 0 atom stereocenters. The van der Waals surface area contributed by atoms with Gasteiger partial charge in [-0.1, -0.05) is 59.6 Å². The van der Waals surface area contributed by atoms with Crippen LogP contribution in [-0.2, 0) is 11.3 Å². The second-order valence-electron chi connectivity index (χ2n) is 7.15. The van der Waals surface area contributed by atoms with Crippen molar-refractivity contribution in [2.45, 2.75) is 13.5 Å². The summed E-state index contributed by atoms with van der Waals surface area (Å²) in [6.07, 6.45) is 1.68. The van der Waals surface area contributed by atoms with E-state index in [0.717, 1.165) is 43.3 Å². The smallest absolute Gasteiger partial charge is 0.295 e. The van der Waals surface area contributed by atoms with Crippen LogP contribution in [0.25, 0.3) is 0 Å². The molecule has 142 valence electrons. The summed E-state index contributed by atoms with van der Waals surface area (Å²) in [5.74, 6) is -0.0390. The topological polar surface area (TPSA) is 50.3 Å². The lowest BCUT2D eigenvalue weighted by Gasteiger charge is -2.29. The number of benzene rings is 2. The Morgan fingerprint density at radius 1 is 1.07 bits per heavy atom. The Morgan fingerprint density at radius 2 is 1.74 bits per heavy atom. The van der Waals surface area contributed by atoms with Gasteiger partial charge in [0, 0.05) is 10.6 Å². The number of hydrazone groups is 1. The lowest BCUT2D eigenvalue weighted by Crippen LogP contribution is -3.28. The summed E-state index contributed by atoms with van der Waals surface area (Å²) in [7, 11) is 0. The van der Waals surface area contributed by atoms with Gasteiger partial charge in [0.25, 0.3) is 5.91 Å². The van der Waals surface area contributed by atoms with Crippen LogP contribution in [0.3, 0.4) is 0 Å². The number of quaternary nitrogens is 2. The number of piperazine rings is 1. The van der Waals surface area contributed by atoms with Gasteiger partial charge in [0.1, 0.15) is 32.7 Å². The van der Waals surface area contributed by atoms with E-state index >= 15 is 0 Å². The molecule has 0 saturated carbocycles. The van der Waals surface area contributed by atoms with Crippen molar-refractivity contribution in [2.24, 2.45) is 5.10 Å². The second kappa shape index (κ2) is 9.65. The highest BCUT2D eigenvalue weighted by molar-refractivity contribution is 6.31. The molecule has 1 saturated heterocycles. The number of carbonyl (C=O) groups excluding carboxylic acids is 1. The highest BCUT2D eigenvalue weighted by atomic mass is 35.5. The maximum absolute atomic E-state index is 12.1. The van der Waals surface area contributed by atoms with Gasteiger partial charge in [-0.15, -0.1) is 0 Å². The van der Waals surface area contributed by atoms with Crippen LogP contribution in [-0.4, -0.2) is 44.8 Å². The highest BCUT2D eigenvalue weighted by Gasteiger charge is 2.25. The summed E-state index contributed by atoms with van der Waals surface area (Å²) >= 11 is 6.26. The van der Waals surface area contributed by atoms with Crippen molar-refractivity contribution in [1.82, 2.24) is 5.43 Å². The van der Waals surface area contributed by atoms with Crippen LogP contribution in [0.2, 0.25) is 5.02 Å². The standard InChI is InChI=1S/C21H25ClN4O/c1-17-6-8-18(9-7-17)14-23-24-21(27)16-26-12-10-25(11-13-26)15-19-4-2-3-5-20(19)22/h2-9,14H,10-13,15-16H2,1H3,(H,24,27)/p+2/b23-14-. The molecule has 1 aliphatic rings. The molecule has 1 amide bonds. The average Bonchev–Trinajstić information content (AvgIpc) is 2.67. The summed E-state index contributed by atoms with van der Waals surface area (Å²) in [5.41, 5.74) is 6.01. The number of nitrogens with zero attached hydrogens (tertiary/aromatic N) is 1. The Hall–Kier alpha value is -2.21. The molecule has 6 heteroatoms. The monoisotopic (exact) mass is 386 g/mol. The van der Waals surface area contributed by atoms with Crippen LogP contribution in [0.5, 0.6) is 0 Å². The fraction of sp³-hybridized carbons (Fsp3) is 0.333. The van der Waals surface area contributed by atoms with E-state index in [1.54, 1.807) is 6.21 Å². The number of hydrogen-bond acceptors (Lipinski definition) is 2. The number of halogens is 1. The minimum Gasteiger partial charge on any atom is -0.322 e. The van der Waals surface area contributed by atoms with E-state index < -0.39 is 0 Å². The number of aryl methyl sites for hydroxylation is 1. The molecule has 5 nitrogen and oxygen atoms in total. The van der Waals surface area contributed by atoms with E-state index in [2.05, 4.69) is 16.6 Å². The third kappa shape index (κ3) is 6.17. The number of carbonyl (C=O) groups is 1. The maximum atomic E-state index is 12.1. The highest BCUT2D eigenvalue weighted by Crippen LogP contribution is 2.13. The zero-order valence-corrected chi connectivity index (χ0v) is 16.4. The van der Waals surface area contributed by atoms with Gasteiger partial charge in [-0.25, -0.2) is 5.43 Å². The van der Waals surface area contributed by atoms with E-state index in [1.807, 2.05) is 49.4 Å². The van der Waals surface area contributed by atoms with Crippen LogP contribution in [0.1, 0.15) is 16.7 Å². The average molecular weight is 387 g/mol. The summed E-state index contributed by atoms with van der Waals surface area (Å²) in [4.78, 5) is 14.9. The van der Waals surface area contributed by atoms with Gasteiger partial charge >= 0.3 is 0 Å². The van der Waals surface area contributed by atoms with E-state index in [0.29, 0.717) is 6.54 Å². The van der Waals surface area contributed by atoms with Crippen molar-refractivity contribution >= 4 is 23.7 Å². The Labute approximate surface area is 165 Å². The van der Waals surface area contributed by atoms with Crippen molar-refractivity contribution in [3.63, 3.8) is 0 Å². The molecule has 3 rings (SSSR count). The van der Waals surface area contributed by atoms with Gasteiger partial charge in [0.05, 0.1) is 6.21 Å². The molecule has 1 aliphatic heterocycles. The molecule has 1 fully saturated rings. The molecule has 1 heterocycles. The normalized spacial score (nSPS) is 19.9. The molecule has 2 aromatic rings. The van der Waals surface area contributed by atoms with Gasteiger partial charge in [-0.2, -0.15) is 5.10 Å². The summed E-state index contributed by atoms with van der Waals surface area (Å²) in [6, 6.07) is 16.0. The number of hydrogen-bond donors (Lipinski definition) is 3. The molecule has 0 unspecified atom stereocenters. The van der Waals surface area contributed by atoms with Crippen molar-refractivity contribution in [3.05, 3.63) is 70.2 Å². The van der Waals surface area contributed by atoms with E-state index in [4.69, 9.17) is 11.6 Å². The zero-order valence-electron chi connectivity index (χ0n) is 15.7. The quantitative estimate of drug-likeness (QED) is 0.478.